The lowest BCUT2D eigenvalue weighted by Gasteiger charge is -2.07. The number of rotatable bonds is 3. The Morgan fingerprint density at radius 2 is 2.10 bits per heavy atom. The lowest BCUT2D eigenvalue weighted by atomic mass is 10.2. The van der Waals surface area contributed by atoms with Crippen molar-refractivity contribution < 1.29 is 19.5 Å². The number of hydroxylamine groups is 1. The first-order chi connectivity index (χ1) is 4.63. The van der Waals surface area contributed by atoms with Gasteiger partial charge in [0.1, 0.15) is 0 Å². The molecule has 0 bridgehead atoms. The molecule has 0 aliphatic rings. The number of ether oxygens (including phenoxy) is 1. The van der Waals surface area contributed by atoms with Crippen molar-refractivity contribution in [1.82, 2.24) is 5.48 Å². The van der Waals surface area contributed by atoms with Gasteiger partial charge in [0.25, 0.3) is 0 Å². The summed E-state index contributed by atoms with van der Waals surface area (Å²) in [5.74, 6) is -1.29. The van der Waals surface area contributed by atoms with Gasteiger partial charge in [0, 0.05) is 0 Å². The number of methoxy groups -OCH3 is 1. The third-order valence-electron chi connectivity index (χ3n) is 0.973. The Morgan fingerprint density at radius 1 is 1.60 bits per heavy atom. The summed E-state index contributed by atoms with van der Waals surface area (Å²) in [6, 6.07) is -1.26. The fourth-order valence-electron chi connectivity index (χ4n) is 0.427. The predicted molar refractivity (Wildman–Crippen MR) is 31.4 cm³/mol. The molecule has 58 valence electrons. The molecule has 5 nitrogen and oxygen atoms in total. The van der Waals surface area contributed by atoms with Gasteiger partial charge in [-0.2, -0.15) is 5.48 Å². The molecule has 0 aromatic carbocycles. The van der Waals surface area contributed by atoms with E-state index in [-0.39, 0.29) is 0 Å². The van der Waals surface area contributed by atoms with E-state index in [1.807, 2.05) is 0 Å². The van der Waals surface area contributed by atoms with Crippen molar-refractivity contribution in [2.24, 2.45) is 0 Å². The van der Waals surface area contributed by atoms with E-state index in [2.05, 4.69) is 4.74 Å². The van der Waals surface area contributed by atoms with Crippen molar-refractivity contribution in [1.29, 1.82) is 0 Å². The molecular formula is C5H9NO4. The normalized spacial score (nSPS) is 12.3. The van der Waals surface area contributed by atoms with Crippen molar-refractivity contribution in [3.63, 3.8) is 0 Å². The molecule has 0 aliphatic heterocycles. The van der Waals surface area contributed by atoms with Crippen molar-refractivity contribution in [2.75, 3.05) is 7.11 Å². The minimum absolute atomic E-state index is 0.491. The quantitative estimate of drug-likeness (QED) is 0.307. The van der Waals surface area contributed by atoms with Crippen molar-refractivity contribution in [3.05, 3.63) is 0 Å². The fourth-order valence-corrected chi connectivity index (χ4v) is 0.427. The van der Waals surface area contributed by atoms with Gasteiger partial charge in [0.05, 0.1) is 7.11 Å². The monoisotopic (exact) mass is 147 g/mol. The summed E-state index contributed by atoms with van der Waals surface area (Å²) in [7, 11) is 1.13. The van der Waals surface area contributed by atoms with Crippen LogP contribution in [0.5, 0.6) is 0 Å². The molecule has 0 aliphatic carbocycles. The third-order valence-corrected chi connectivity index (χ3v) is 0.973. The highest BCUT2D eigenvalue weighted by Gasteiger charge is 2.22. The average Bonchev–Trinajstić information content (AvgIpc) is 1.88. The summed E-state index contributed by atoms with van der Waals surface area (Å²) in [4.78, 5) is 21.0. The zero-order valence-electron chi connectivity index (χ0n) is 5.75. The Balaban J connectivity index is 4.06. The zero-order chi connectivity index (χ0) is 8.15. The van der Waals surface area contributed by atoms with Gasteiger partial charge < -0.3 is 9.94 Å². The maximum absolute atomic E-state index is 10.5. The van der Waals surface area contributed by atoms with Gasteiger partial charge in [0.15, 0.2) is 11.8 Å². The minimum Gasteiger partial charge on any atom is -0.467 e. The number of hydrogen-bond acceptors (Lipinski definition) is 5. The molecule has 0 heterocycles. The maximum atomic E-state index is 10.5. The van der Waals surface area contributed by atoms with Crippen LogP contribution in [0.1, 0.15) is 6.92 Å². The molecule has 0 aromatic heterocycles. The van der Waals surface area contributed by atoms with Crippen LogP contribution in [0.3, 0.4) is 0 Å². The number of esters is 1. The Labute approximate surface area is 57.9 Å². The number of carbonyl (C=O) groups excluding carboxylic acids is 2. The van der Waals surface area contributed by atoms with E-state index in [9.17, 15) is 9.59 Å². The van der Waals surface area contributed by atoms with Crippen LogP contribution in [0.2, 0.25) is 0 Å². The molecule has 0 radical (unpaired) electrons. The molecule has 0 saturated heterocycles. The van der Waals surface area contributed by atoms with E-state index < -0.39 is 17.8 Å². The van der Waals surface area contributed by atoms with Crippen LogP contribution in [-0.4, -0.2) is 30.1 Å². The van der Waals surface area contributed by atoms with Crippen molar-refractivity contribution in [3.8, 4) is 0 Å². The second-order valence-electron chi connectivity index (χ2n) is 1.70. The standard InChI is InChI=1S/C5H9NO4/c1-3(7)4(6-9)5(8)10-2/h4,6,9H,1-2H3. The summed E-state index contributed by atoms with van der Waals surface area (Å²) in [6.45, 7) is 1.17. The van der Waals surface area contributed by atoms with Gasteiger partial charge in [-0.15, -0.1) is 0 Å². The molecule has 0 spiro atoms. The van der Waals surface area contributed by atoms with Crippen molar-refractivity contribution >= 4 is 11.8 Å². The molecule has 0 aromatic rings. The van der Waals surface area contributed by atoms with Gasteiger partial charge in [0.2, 0.25) is 0 Å². The Morgan fingerprint density at radius 3 is 2.20 bits per heavy atom. The number of nitrogens with one attached hydrogen (secondary N) is 1. The second-order valence-corrected chi connectivity index (χ2v) is 1.70. The summed E-state index contributed by atoms with van der Waals surface area (Å²) in [5.41, 5.74) is 1.53. The first kappa shape index (κ1) is 9.06. The molecule has 2 N–H and O–H groups in total. The topological polar surface area (TPSA) is 75.6 Å². The van der Waals surface area contributed by atoms with Gasteiger partial charge in [-0.1, -0.05) is 0 Å². The van der Waals surface area contributed by atoms with Gasteiger partial charge >= 0.3 is 5.97 Å². The SMILES string of the molecule is COC(=O)C(NO)C(C)=O. The molecule has 1 atom stereocenters. The highest BCUT2D eigenvalue weighted by Crippen LogP contribution is 1.87. The number of Topliss-reactive ketones (excluding diaryl/α,β-unsaturated/α-hetero) is 1. The highest BCUT2D eigenvalue weighted by atomic mass is 16.5. The van der Waals surface area contributed by atoms with E-state index in [1.54, 1.807) is 0 Å². The Hall–Kier alpha value is -0.940. The van der Waals surface area contributed by atoms with Crippen LogP contribution in [0.25, 0.3) is 0 Å². The van der Waals surface area contributed by atoms with Crippen LogP contribution < -0.4 is 5.48 Å². The molecule has 0 fully saturated rings. The lowest BCUT2D eigenvalue weighted by molar-refractivity contribution is -0.149. The van der Waals surface area contributed by atoms with E-state index in [1.165, 1.54) is 12.4 Å². The minimum atomic E-state index is -1.26. The Bertz CT molecular complexity index is 145. The molecule has 10 heavy (non-hydrogen) atoms. The van der Waals surface area contributed by atoms with E-state index >= 15 is 0 Å². The third kappa shape index (κ3) is 2.12. The van der Waals surface area contributed by atoms with Gasteiger partial charge in [-0.3, -0.25) is 4.79 Å². The van der Waals surface area contributed by atoms with Gasteiger partial charge in [-0.25, -0.2) is 4.79 Å². The van der Waals surface area contributed by atoms with Crippen LogP contribution in [-0.2, 0) is 14.3 Å². The summed E-state index contributed by atoms with van der Waals surface area (Å²) < 4.78 is 4.18. The Kier molecular flexibility index (Phi) is 3.60. The first-order valence-corrected chi connectivity index (χ1v) is 2.61. The molecule has 0 rings (SSSR count). The smallest absolute Gasteiger partial charge is 0.332 e. The molecule has 5 heteroatoms. The second kappa shape index (κ2) is 3.97. The highest BCUT2D eigenvalue weighted by molar-refractivity contribution is 6.01. The number of hydrogen-bond donors (Lipinski definition) is 2. The van der Waals surface area contributed by atoms with Crippen LogP contribution in [0.15, 0.2) is 0 Å². The van der Waals surface area contributed by atoms with Crippen LogP contribution >= 0.6 is 0 Å². The first-order valence-electron chi connectivity index (χ1n) is 2.61. The predicted octanol–water partition coefficient (Wildman–Crippen LogP) is -0.904. The van der Waals surface area contributed by atoms with E-state index in [0.717, 1.165) is 7.11 Å². The fraction of sp³-hybridized carbons (Fsp3) is 0.600. The summed E-state index contributed by atoms with van der Waals surface area (Å²) in [6.07, 6.45) is 0. The molecular weight excluding hydrogens is 138 g/mol. The molecule has 0 amide bonds. The summed E-state index contributed by atoms with van der Waals surface area (Å²) in [5, 5.41) is 8.23. The zero-order valence-corrected chi connectivity index (χ0v) is 5.75. The van der Waals surface area contributed by atoms with Crippen LogP contribution in [0, 0.1) is 0 Å². The summed E-state index contributed by atoms with van der Waals surface area (Å²) >= 11 is 0. The van der Waals surface area contributed by atoms with E-state index in [0.29, 0.717) is 0 Å². The average molecular weight is 147 g/mol. The molecule has 0 saturated carbocycles. The maximum Gasteiger partial charge on any atom is 0.332 e. The van der Waals surface area contributed by atoms with Gasteiger partial charge in [-0.05, 0) is 6.92 Å². The number of carbonyl (C=O) groups is 2. The number of ketones is 1. The lowest BCUT2D eigenvalue weighted by Crippen LogP contribution is -2.41. The van der Waals surface area contributed by atoms with Crippen LogP contribution in [0.4, 0.5) is 0 Å². The molecule has 1 unspecified atom stereocenters. The largest absolute Gasteiger partial charge is 0.467 e. The van der Waals surface area contributed by atoms with Crippen molar-refractivity contribution in [2.45, 2.75) is 13.0 Å². The van der Waals surface area contributed by atoms with E-state index in [4.69, 9.17) is 5.21 Å².